The van der Waals surface area contributed by atoms with E-state index in [0.29, 0.717) is 17.1 Å². The second-order valence-electron chi connectivity index (χ2n) is 6.04. The van der Waals surface area contributed by atoms with E-state index in [1.807, 2.05) is 42.5 Å². The first-order valence-electron chi connectivity index (χ1n) is 8.32. The summed E-state index contributed by atoms with van der Waals surface area (Å²) in [5, 5.41) is 9.42. The van der Waals surface area contributed by atoms with E-state index < -0.39 is 11.2 Å². The Morgan fingerprint density at radius 2 is 1.64 bits per heavy atom. The van der Waals surface area contributed by atoms with Gasteiger partial charge in [0.1, 0.15) is 23.3 Å². The van der Waals surface area contributed by atoms with Crippen LogP contribution in [0, 0.1) is 0 Å². The number of hydrogen-bond donors (Lipinski definition) is 2. The van der Waals surface area contributed by atoms with E-state index in [4.69, 9.17) is 13.9 Å². The van der Waals surface area contributed by atoms with Crippen LogP contribution >= 0.6 is 0 Å². The van der Waals surface area contributed by atoms with Crippen LogP contribution in [0.3, 0.4) is 0 Å². The molecule has 0 aliphatic carbocycles. The molecule has 0 spiro atoms. The molecule has 4 aromatic rings. The van der Waals surface area contributed by atoms with Crippen molar-refractivity contribution in [2.45, 2.75) is 0 Å². The minimum absolute atomic E-state index is 0.0201. The van der Waals surface area contributed by atoms with Crippen LogP contribution in [-0.4, -0.2) is 29.1 Å². The standard InChI is InChI=1S/C20H16N2O6/c1-26-13-7-8-16(27-2)14(9-13)11-3-5-12(6-4-11)15-10-28-18-17(15)21-20(24)22(25)19(18)23/h3-10,25H,1-2H3,(H,21,24). The van der Waals surface area contributed by atoms with E-state index in [1.54, 1.807) is 14.2 Å². The van der Waals surface area contributed by atoms with Gasteiger partial charge in [0, 0.05) is 11.1 Å². The molecule has 0 fully saturated rings. The number of aromatic nitrogens is 2. The molecule has 8 nitrogen and oxygen atoms in total. The molecule has 0 amide bonds. The molecule has 2 aromatic heterocycles. The van der Waals surface area contributed by atoms with Crippen molar-refractivity contribution in [1.29, 1.82) is 0 Å². The fraction of sp³-hybridized carbons (Fsp3) is 0.100. The van der Waals surface area contributed by atoms with Crippen molar-refractivity contribution < 1.29 is 19.1 Å². The first kappa shape index (κ1) is 17.5. The average molecular weight is 380 g/mol. The topological polar surface area (TPSA) is 107 Å². The quantitative estimate of drug-likeness (QED) is 0.527. The van der Waals surface area contributed by atoms with E-state index in [0.717, 1.165) is 16.7 Å². The Bertz CT molecular complexity index is 1280. The average Bonchev–Trinajstić information content (AvgIpc) is 3.15. The summed E-state index contributed by atoms with van der Waals surface area (Å²) in [5.41, 5.74) is 1.29. The number of H-pyrrole nitrogens is 1. The van der Waals surface area contributed by atoms with Crippen LogP contribution in [0.15, 0.2) is 62.7 Å². The van der Waals surface area contributed by atoms with Gasteiger partial charge < -0.3 is 24.1 Å². The lowest BCUT2D eigenvalue weighted by Gasteiger charge is -2.11. The first-order valence-corrected chi connectivity index (χ1v) is 8.32. The van der Waals surface area contributed by atoms with Gasteiger partial charge in [-0.2, -0.15) is 0 Å². The molecule has 0 unspecified atom stereocenters. The molecule has 0 atom stereocenters. The second-order valence-corrected chi connectivity index (χ2v) is 6.04. The zero-order chi connectivity index (χ0) is 19.8. The maximum atomic E-state index is 11.9. The number of fused-ring (bicyclic) bond motifs is 1. The predicted octanol–water partition coefficient (Wildman–Crippen LogP) is 2.87. The van der Waals surface area contributed by atoms with Crippen molar-refractivity contribution in [2.75, 3.05) is 14.2 Å². The Labute approximate surface area is 158 Å². The van der Waals surface area contributed by atoms with E-state index in [-0.39, 0.29) is 15.8 Å². The number of hydrogen-bond acceptors (Lipinski definition) is 6. The van der Waals surface area contributed by atoms with Crippen molar-refractivity contribution in [3.63, 3.8) is 0 Å². The molecule has 4 rings (SSSR count). The third kappa shape index (κ3) is 2.71. The van der Waals surface area contributed by atoms with Crippen LogP contribution in [0.1, 0.15) is 0 Å². The highest BCUT2D eigenvalue weighted by molar-refractivity contribution is 5.90. The summed E-state index contributed by atoms with van der Waals surface area (Å²) < 4.78 is 15.9. The molecule has 0 bridgehead atoms. The highest BCUT2D eigenvalue weighted by atomic mass is 16.5. The fourth-order valence-electron chi connectivity index (χ4n) is 3.07. The van der Waals surface area contributed by atoms with Crippen molar-refractivity contribution in [1.82, 2.24) is 9.71 Å². The van der Waals surface area contributed by atoms with Gasteiger partial charge in [-0.25, -0.2) is 4.79 Å². The van der Waals surface area contributed by atoms with Crippen LogP contribution in [0.25, 0.3) is 33.4 Å². The lowest BCUT2D eigenvalue weighted by Crippen LogP contribution is -2.32. The molecule has 2 aromatic carbocycles. The van der Waals surface area contributed by atoms with Gasteiger partial charge in [-0.1, -0.05) is 29.0 Å². The number of methoxy groups -OCH3 is 2. The van der Waals surface area contributed by atoms with Crippen molar-refractivity contribution in [3.05, 3.63) is 69.6 Å². The zero-order valence-electron chi connectivity index (χ0n) is 15.1. The summed E-state index contributed by atoms with van der Waals surface area (Å²) in [5.74, 6) is 1.41. The highest BCUT2D eigenvalue weighted by Crippen LogP contribution is 2.35. The molecule has 0 saturated carbocycles. The van der Waals surface area contributed by atoms with Crippen LogP contribution in [-0.2, 0) is 0 Å². The Morgan fingerprint density at radius 3 is 2.29 bits per heavy atom. The summed E-state index contributed by atoms with van der Waals surface area (Å²) in [6.45, 7) is 0. The Balaban J connectivity index is 1.81. The Hall–Kier alpha value is -3.94. The van der Waals surface area contributed by atoms with E-state index in [2.05, 4.69) is 4.98 Å². The third-order valence-electron chi connectivity index (χ3n) is 4.52. The third-order valence-corrected chi connectivity index (χ3v) is 4.52. The largest absolute Gasteiger partial charge is 0.497 e. The summed E-state index contributed by atoms with van der Waals surface area (Å²) in [4.78, 5) is 26.1. The van der Waals surface area contributed by atoms with Crippen molar-refractivity contribution in [3.8, 4) is 33.8 Å². The predicted molar refractivity (Wildman–Crippen MR) is 102 cm³/mol. The summed E-state index contributed by atoms with van der Waals surface area (Å²) in [6.07, 6.45) is 1.36. The van der Waals surface area contributed by atoms with E-state index in [1.165, 1.54) is 6.26 Å². The molecule has 0 radical (unpaired) electrons. The fourth-order valence-corrected chi connectivity index (χ4v) is 3.07. The number of nitrogens with zero attached hydrogens (tertiary/aromatic N) is 1. The normalized spacial score (nSPS) is 10.9. The molecular formula is C20H16N2O6. The minimum Gasteiger partial charge on any atom is -0.497 e. The zero-order valence-corrected chi connectivity index (χ0v) is 15.1. The first-order chi connectivity index (χ1) is 13.5. The number of benzene rings is 2. The van der Waals surface area contributed by atoms with Gasteiger partial charge >= 0.3 is 11.2 Å². The molecule has 0 aliphatic heterocycles. The molecule has 2 heterocycles. The monoisotopic (exact) mass is 380 g/mol. The van der Waals surface area contributed by atoms with Gasteiger partial charge in [-0.05, 0) is 29.3 Å². The molecule has 28 heavy (non-hydrogen) atoms. The smallest absolute Gasteiger partial charge is 0.362 e. The summed E-state index contributed by atoms with van der Waals surface area (Å²) in [7, 11) is 3.20. The lowest BCUT2D eigenvalue weighted by molar-refractivity contribution is 0.161. The molecule has 0 aliphatic rings. The number of nitrogens with one attached hydrogen (secondary N) is 1. The summed E-state index contributed by atoms with van der Waals surface area (Å²) in [6, 6.07) is 13.0. The van der Waals surface area contributed by atoms with Crippen LogP contribution < -0.4 is 20.7 Å². The summed E-state index contributed by atoms with van der Waals surface area (Å²) >= 11 is 0. The molecule has 142 valence electrons. The van der Waals surface area contributed by atoms with Crippen LogP contribution in [0.5, 0.6) is 11.5 Å². The maximum absolute atomic E-state index is 11.9. The Kier molecular flexibility index (Phi) is 4.15. The highest BCUT2D eigenvalue weighted by Gasteiger charge is 2.16. The van der Waals surface area contributed by atoms with Gasteiger partial charge in [0.15, 0.2) is 0 Å². The van der Waals surface area contributed by atoms with Gasteiger partial charge in [0.25, 0.3) is 0 Å². The number of aromatic amines is 1. The SMILES string of the molecule is COc1ccc(OC)c(-c2ccc(-c3coc4c(=O)n(O)c(=O)[nH]c34)cc2)c1. The van der Waals surface area contributed by atoms with Crippen molar-refractivity contribution in [2.24, 2.45) is 0 Å². The van der Waals surface area contributed by atoms with Crippen molar-refractivity contribution >= 4 is 11.1 Å². The number of furan rings is 1. The van der Waals surface area contributed by atoms with E-state index in [9.17, 15) is 14.8 Å². The maximum Gasteiger partial charge on any atom is 0.362 e. The van der Waals surface area contributed by atoms with E-state index >= 15 is 0 Å². The molecule has 8 heteroatoms. The number of ether oxygens (including phenoxy) is 2. The van der Waals surface area contributed by atoms with Gasteiger partial charge in [-0.15, -0.1) is 0 Å². The Morgan fingerprint density at radius 1 is 0.964 bits per heavy atom. The number of rotatable bonds is 4. The van der Waals surface area contributed by atoms with Crippen LogP contribution in [0.2, 0.25) is 0 Å². The van der Waals surface area contributed by atoms with Gasteiger partial charge in [-0.3, -0.25) is 4.79 Å². The molecule has 2 N–H and O–H groups in total. The minimum atomic E-state index is -0.933. The molecular weight excluding hydrogens is 364 g/mol. The van der Waals surface area contributed by atoms with Gasteiger partial charge in [0.05, 0.1) is 14.2 Å². The van der Waals surface area contributed by atoms with Crippen LogP contribution in [0.4, 0.5) is 0 Å². The lowest BCUT2D eigenvalue weighted by atomic mass is 10.0. The van der Waals surface area contributed by atoms with Gasteiger partial charge in [0.2, 0.25) is 5.58 Å². The second kappa shape index (κ2) is 6.66. The molecule has 0 saturated heterocycles.